The zero-order valence-electron chi connectivity index (χ0n) is 15.7. The van der Waals surface area contributed by atoms with Crippen molar-refractivity contribution >= 4 is 23.3 Å². The quantitative estimate of drug-likeness (QED) is 0.751. The van der Waals surface area contributed by atoms with E-state index in [2.05, 4.69) is 4.99 Å². The monoisotopic (exact) mass is 361 g/mol. The lowest BCUT2D eigenvalue weighted by molar-refractivity contribution is -0.145. The topological polar surface area (TPSA) is 65.0 Å². The van der Waals surface area contributed by atoms with Crippen LogP contribution in [0.2, 0.25) is 0 Å². The van der Waals surface area contributed by atoms with Crippen molar-refractivity contribution in [2.24, 2.45) is 22.7 Å². The number of hydrogen-bond donors (Lipinski definition) is 0. The van der Waals surface area contributed by atoms with E-state index in [1.54, 1.807) is 26.0 Å². The van der Waals surface area contributed by atoms with Crippen molar-refractivity contribution in [2.45, 2.75) is 27.7 Å². The molecular formula is C20H24FNO4. The van der Waals surface area contributed by atoms with E-state index in [4.69, 9.17) is 9.47 Å². The fourth-order valence-corrected chi connectivity index (χ4v) is 3.32. The first-order valence-corrected chi connectivity index (χ1v) is 8.62. The number of halogens is 1. The van der Waals surface area contributed by atoms with Gasteiger partial charge in [0.05, 0.1) is 25.0 Å². The summed E-state index contributed by atoms with van der Waals surface area (Å²) in [7, 11) is 1.32. The SMILES string of the molecule is CCOC(=O)C1=C(c2ccc(F)cc2)N=C(C)C(C(=O)OC)C1C(C)C. The lowest BCUT2D eigenvalue weighted by atomic mass is 9.73. The molecule has 140 valence electrons. The molecule has 2 rings (SSSR count). The van der Waals surface area contributed by atoms with E-state index in [0.717, 1.165) is 0 Å². The van der Waals surface area contributed by atoms with Crippen LogP contribution < -0.4 is 0 Å². The van der Waals surface area contributed by atoms with Gasteiger partial charge in [-0.3, -0.25) is 9.79 Å². The van der Waals surface area contributed by atoms with Gasteiger partial charge in [-0.05, 0) is 44.0 Å². The minimum absolute atomic E-state index is 0.0422. The molecule has 1 aliphatic heterocycles. The lowest BCUT2D eigenvalue weighted by Gasteiger charge is -2.34. The molecule has 0 radical (unpaired) electrons. The predicted molar refractivity (Wildman–Crippen MR) is 96.9 cm³/mol. The van der Waals surface area contributed by atoms with Crippen molar-refractivity contribution in [1.29, 1.82) is 0 Å². The molecule has 0 aliphatic carbocycles. The Hall–Kier alpha value is -2.50. The third-order valence-electron chi connectivity index (χ3n) is 4.47. The van der Waals surface area contributed by atoms with Crippen LogP contribution in [0.1, 0.15) is 33.3 Å². The zero-order valence-corrected chi connectivity index (χ0v) is 15.7. The highest BCUT2D eigenvalue weighted by Gasteiger charge is 2.43. The van der Waals surface area contributed by atoms with Gasteiger partial charge < -0.3 is 9.47 Å². The fourth-order valence-electron chi connectivity index (χ4n) is 3.32. The van der Waals surface area contributed by atoms with Crippen LogP contribution in [-0.2, 0) is 19.1 Å². The Kier molecular flexibility index (Phi) is 6.29. The van der Waals surface area contributed by atoms with Gasteiger partial charge in [0.2, 0.25) is 0 Å². The van der Waals surface area contributed by atoms with E-state index >= 15 is 0 Å². The Balaban J connectivity index is 2.71. The highest BCUT2D eigenvalue weighted by atomic mass is 19.1. The average Bonchev–Trinajstić information content (AvgIpc) is 2.60. The van der Waals surface area contributed by atoms with Gasteiger partial charge in [-0.1, -0.05) is 13.8 Å². The van der Waals surface area contributed by atoms with Crippen molar-refractivity contribution < 1.29 is 23.5 Å². The first kappa shape index (κ1) is 19.8. The standard InChI is InChI=1S/C20H24FNO4/c1-6-26-20(24)17-15(11(2)3)16(19(23)25-5)12(4)22-18(17)13-7-9-14(21)10-8-13/h7-11,15-16H,6H2,1-5H3. The molecule has 1 aliphatic rings. The number of methoxy groups -OCH3 is 1. The molecule has 0 saturated heterocycles. The summed E-state index contributed by atoms with van der Waals surface area (Å²) < 4.78 is 23.5. The van der Waals surface area contributed by atoms with E-state index in [1.807, 2.05) is 13.8 Å². The summed E-state index contributed by atoms with van der Waals surface area (Å²) in [5, 5.41) is 0. The van der Waals surface area contributed by atoms with E-state index in [9.17, 15) is 14.0 Å². The smallest absolute Gasteiger partial charge is 0.336 e. The first-order valence-electron chi connectivity index (χ1n) is 8.62. The van der Waals surface area contributed by atoms with Gasteiger partial charge in [0.1, 0.15) is 11.7 Å². The van der Waals surface area contributed by atoms with Crippen LogP contribution >= 0.6 is 0 Å². The second-order valence-electron chi connectivity index (χ2n) is 6.51. The third-order valence-corrected chi connectivity index (χ3v) is 4.47. The lowest BCUT2D eigenvalue weighted by Crippen LogP contribution is -2.40. The van der Waals surface area contributed by atoms with Gasteiger partial charge in [0, 0.05) is 17.2 Å². The molecule has 5 nitrogen and oxygen atoms in total. The summed E-state index contributed by atoms with van der Waals surface area (Å²) in [6.07, 6.45) is 0. The summed E-state index contributed by atoms with van der Waals surface area (Å²) in [6, 6.07) is 5.76. The largest absolute Gasteiger partial charge is 0.468 e. The summed E-state index contributed by atoms with van der Waals surface area (Å²) in [5.41, 5.74) is 1.90. The van der Waals surface area contributed by atoms with E-state index in [-0.39, 0.29) is 18.3 Å². The second kappa shape index (κ2) is 8.25. The van der Waals surface area contributed by atoms with Gasteiger partial charge >= 0.3 is 11.9 Å². The van der Waals surface area contributed by atoms with Crippen molar-refractivity contribution in [2.75, 3.05) is 13.7 Å². The van der Waals surface area contributed by atoms with Gasteiger partial charge in [-0.25, -0.2) is 9.18 Å². The molecule has 2 atom stereocenters. The molecule has 0 fully saturated rings. The Bertz CT molecular complexity index is 750. The summed E-state index contributed by atoms with van der Waals surface area (Å²) in [6.45, 7) is 7.52. The molecular weight excluding hydrogens is 337 g/mol. The van der Waals surface area contributed by atoms with Crippen molar-refractivity contribution in [1.82, 2.24) is 0 Å². The van der Waals surface area contributed by atoms with Crippen LogP contribution in [0.5, 0.6) is 0 Å². The normalized spacial score (nSPS) is 20.0. The van der Waals surface area contributed by atoms with Crippen LogP contribution in [0.4, 0.5) is 4.39 Å². The molecule has 0 bridgehead atoms. The number of aliphatic imine (C=N–C) groups is 1. The molecule has 0 aromatic heterocycles. The molecule has 0 saturated carbocycles. The first-order chi connectivity index (χ1) is 12.3. The summed E-state index contributed by atoms with van der Waals surface area (Å²) in [5.74, 6) is -2.49. The van der Waals surface area contributed by atoms with Gasteiger partial charge in [0.25, 0.3) is 0 Å². The fraction of sp³-hybridized carbons (Fsp3) is 0.450. The summed E-state index contributed by atoms with van der Waals surface area (Å²) in [4.78, 5) is 29.7. The minimum atomic E-state index is -0.663. The maximum atomic E-state index is 13.3. The number of rotatable bonds is 5. The zero-order chi connectivity index (χ0) is 19.4. The number of esters is 2. The molecule has 1 aromatic rings. The molecule has 2 unspecified atom stereocenters. The van der Waals surface area contributed by atoms with Crippen molar-refractivity contribution in [3.05, 3.63) is 41.2 Å². The minimum Gasteiger partial charge on any atom is -0.468 e. The molecule has 1 aromatic carbocycles. The van der Waals surface area contributed by atoms with Gasteiger partial charge in [-0.15, -0.1) is 0 Å². The van der Waals surface area contributed by atoms with Crippen molar-refractivity contribution in [3.63, 3.8) is 0 Å². The summed E-state index contributed by atoms with van der Waals surface area (Å²) >= 11 is 0. The Morgan fingerprint density at radius 2 is 1.85 bits per heavy atom. The number of nitrogens with zero attached hydrogens (tertiary/aromatic N) is 1. The van der Waals surface area contributed by atoms with Crippen LogP contribution in [0.3, 0.4) is 0 Å². The van der Waals surface area contributed by atoms with Crippen LogP contribution in [0.15, 0.2) is 34.8 Å². The molecule has 0 amide bonds. The number of benzene rings is 1. The van der Waals surface area contributed by atoms with Crippen LogP contribution in [-0.4, -0.2) is 31.4 Å². The molecule has 0 N–H and O–H groups in total. The van der Waals surface area contributed by atoms with Gasteiger partial charge in [-0.2, -0.15) is 0 Å². The highest BCUT2D eigenvalue weighted by Crippen LogP contribution is 2.40. The Morgan fingerprint density at radius 3 is 2.35 bits per heavy atom. The maximum absolute atomic E-state index is 13.3. The van der Waals surface area contributed by atoms with Crippen LogP contribution in [0, 0.1) is 23.6 Å². The van der Waals surface area contributed by atoms with E-state index in [0.29, 0.717) is 22.5 Å². The predicted octanol–water partition coefficient (Wildman–Crippen LogP) is 3.64. The second-order valence-corrected chi connectivity index (χ2v) is 6.51. The molecule has 26 heavy (non-hydrogen) atoms. The number of carbonyl (C=O) groups excluding carboxylic acids is 2. The molecule has 1 heterocycles. The highest BCUT2D eigenvalue weighted by molar-refractivity contribution is 6.10. The number of hydrogen-bond acceptors (Lipinski definition) is 5. The Morgan fingerprint density at radius 1 is 1.23 bits per heavy atom. The molecule has 0 spiro atoms. The molecule has 6 heteroatoms. The van der Waals surface area contributed by atoms with Crippen LogP contribution in [0.25, 0.3) is 5.70 Å². The van der Waals surface area contributed by atoms with Gasteiger partial charge in [0.15, 0.2) is 0 Å². The number of carbonyl (C=O) groups is 2. The Labute approximate surface area is 152 Å². The average molecular weight is 361 g/mol. The maximum Gasteiger partial charge on any atom is 0.336 e. The van der Waals surface area contributed by atoms with E-state index in [1.165, 1.54) is 19.2 Å². The third kappa shape index (κ3) is 3.84. The van der Waals surface area contributed by atoms with Crippen molar-refractivity contribution in [3.8, 4) is 0 Å². The number of ether oxygens (including phenoxy) is 2. The van der Waals surface area contributed by atoms with E-state index < -0.39 is 23.8 Å².